The molecule has 2 N–H and O–H groups in total. The third kappa shape index (κ3) is 4.67. The molecule has 18 heavy (non-hydrogen) atoms. The van der Waals surface area contributed by atoms with E-state index in [1.165, 1.54) is 0 Å². The standard InChI is InChI=1S/C14H21ClN2O/c1-14(2,10-17-13(18)7-8-16-3)11-5-4-6-12(15)9-11/h4-6,9,16H,7-8,10H2,1-3H3,(H,17,18). The minimum atomic E-state index is -0.125. The second-order valence-corrected chi connectivity index (χ2v) is 5.46. The first-order chi connectivity index (χ1) is 8.45. The Kier molecular flexibility index (Phi) is 5.63. The molecule has 1 aromatic carbocycles. The Balaban J connectivity index is 2.57. The molecule has 0 radical (unpaired) electrons. The van der Waals surface area contributed by atoms with Crippen LogP contribution in [0.4, 0.5) is 0 Å². The molecular weight excluding hydrogens is 248 g/mol. The molecule has 0 aliphatic carbocycles. The van der Waals surface area contributed by atoms with Crippen LogP contribution in [0.1, 0.15) is 25.8 Å². The van der Waals surface area contributed by atoms with Crippen LogP contribution in [0, 0.1) is 0 Å². The maximum Gasteiger partial charge on any atom is 0.221 e. The molecule has 3 nitrogen and oxygen atoms in total. The Labute approximate surface area is 114 Å². The summed E-state index contributed by atoms with van der Waals surface area (Å²) in [4.78, 5) is 11.6. The van der Waals surface area contributed by atoms with Gasteiger partial charge in [0.25, 0.3) is 0 Å². The monoisotopic (exact) mass is 268 g/mol. The van der Waals surface area contributed by atoms with Crippen molar-refractivity contribution >= 4 is 17.5 Å². The Morgan fingerprint density at radius 1 is 1.39 bits per heavy atom. The first-order valence-corrected chi connectivity index (χ1v) is 6.51. The average Bonchev–Trinajstić information content (AvgIpc) is 2.34. The van der Waals surface area contributed by atoms with Crippen LogP contribution < -0.4 is 10.6 Å². The van der Waals surface area contributed by atoms with Crippen molar-refractivity contribution in [1.29, 1.82) is 0 Å². The number of halogens is 1. The summed E-state index contributed by atoms with van der Waals surface area (Å²) in [5, 5.41) is 6.63. The minimum absolute atomic E-state index is 0.0689. The summed E-state index contributed by atoms with van der Waals surface area (Å²) >= 11 is 5.99. The van der Waals surface area contributed by atoms with E-state index in [-0.39, 0.29) is 11.3 Å². The van der Waals surface area contributed by atoms with Crippen molar-refractivity contribution in [1.82, 2.24) is 10.6 Å². The second kappa shape index (κ2) is 6.76. The van der Waals surface area contributed by atoms with E-state index >= 15 is 0 Å². The zero-order chi connectivity index (χ0) is 13.6. The zero-order valence-corrected chi connectivity index (χ0v) is 12.0. The summed E-state index contributed by atoms with van der Waals surface area (Å²) in [6.07, 6.45) is 0.502. The van der Waals surface area contributed by atoms with Gasteiger partial charge in [0, 0.05) is 29.9 Å². The molecule has 100 valence electrons. The molecule has 0 unspecified atom stereocenters. The van der Waals surface area contributed by atoms with Gasteiger partial charge in [-0.3, -0.25) is 4.79 Å². The Hall–Kier alpha value is -1.06. The Bertz CT molecular complexity index is 405. The predicted molar refractivity (Wildman–Crippen MR) is 76.0 cm³/mol. The Morgan fingerprint density at radius 3 is 2.72 bits per heavy atom. The van der Waals surface area contributed by atoms with Crippen molar-refractivity contribution < 1.29 is 4.79 Å². The topological polar surface area (TPSA) is 41.1 Å². The lowest BCUT2D eigenvalue weighted by molar-refractivity contribution is -0.121. The molecule has 0 bridgehead atoms. The van der Waals surface area contributed by atoms with Gasteiger partial charge < -0.3 is 10.6 Å². The minimum Gasteiger partial charge on any atom is -0.355 e. The number of carbonyl (C=O) groups excluding carboxylic acids is 1. The van der Waals surface area contributed by atoms with Gasteiger partial charge in [0.1, 0.15) is 0 Å². The predicted octanol–water partition coefficient (Wildman–Crippen LogP) is 2.34. The van der Waals surface area contributed by atoms with Gasteiger partial charge >= 0.3 is 0 Å². The highest BCUT2D eigenvalue weighted by atomic mass is 35.5. The lowest BCUT2D eigenvalue weighted by atomic mass is 9.84. The molecule has 0 aliphatic heterocycles. The van der Waals surface area contributed by atoms with E-state index in [9.17, 15) is 4.79 Å². The molecule has 0 saturated heterocycles. The second-order valence-electron chi connectivity index (χ2n) is 5.02. The largest absolute Gasteiger partial charge is 0.355 e. The molecule has 0 heterocycles. The van der Waals surface area contributed by atoms with Crippen molar-refractivity contribution in [2.75, 3.05) is 20.1 Å². The van der Waals surface area contributed by atoms with Crippen LogP contribution in [-0.2, 0) is 10.2 Å². The summed E-state index contributed by atoms with van der Waals surface area (Å²) in [5.74, 6) is 0.0689. The van der Waals surface area contributed by atoms with E-state index in [4.69, 9.17) is 11.6 Å². The van der Waals surface area contributed by atoms with Crippen LogP contribution in [0.15, 0.2) is 24.3 Å². The highest BCUT2D eigenvalue weighted by Gasteiger charge is 2.21. The third-order valence-corrected chi connectivity index (χ3v) is 3.17. The zero-order valence-electron chi connectivity index (χ0n) is 11.2. The van der Waals surface area contributed by atoms with E-state index in [1.54, 1.807) is 0 Å². The first-order valence-electron chi connectivity index (χ1n) is 6.13. The smallest absolute Gasteiger partial charge is 0.221 e. The molecule has 0 aliphatic rings. The quantitative estimate of drug-likeness (QED) is 0.832. The molecule has 1 aromatic rings. The summed E-state index contributed by atoms with van der Waals surface area (Å²) < 4.78 is 0. The summed E-state index contributed by atoms with van der Waals surface area (Å²) in [6.45, 7) is 5.49. The van der Waals surface area contributed by atoms with Crippen molar-refractivity contribution in [3.63, 3.8) is 0 Å². The SMILES string of the molecule is CNCCC(=O)NCC(C)(C)c1cccc(Cl)c1. The molecular formula is C14H21ClN2O. The van der Waals surface area contributed by atoms with Gasteiger partial charge in [-0.05, 0) is 24.7 Å². The normalized spacial score (nSPS) is 11.3. The number of nitrogens with one attached hydrogen (secondary N) is 2. The third-order valence-electron chi connectivity index (χ3n) is 2.94. The molecule has 0 aromatic heterocycles. The fourth-order valence-electron chi connectivity index (χ4n) is 1.66. The van der Waals surface area contributed by atoms with Crippen LogP contribution in [0.3, 0.4) is 0 Å². The van der Waals surface area contributed by atoms with Gasteiger partial charge in [0.2, 0.25) is 5.91 Å². The number of hydrogen-bond donors (Lipinski definition) is 2. The molecule has 0 fully saturated rings. The summed E-state index contributed by atoms with van der Waals surface area (Å²) in [5.41, 5.74) is 1.00. The lowest BCUT2D eigenvalue weighted by Crippen LogP contribution is -2.37. The fourth-order valence-corrected chi connectivity index (χ4v) is 1.85. The summed E-state index contributed by atoms with van der Waals surface area (Å²) in [7, 11) is 1.84. The first kappa shape index (κ1) is 15.0. The number of rotatable bonds is 6. The van der Waals surface area contributed by atoms with Crippen LogP contribution in [0.25, 0.3) is 0 Å². The van der Waals surface area contributed by atoms with Crippen LogP contribution in [0.2, 0.25) is 5.02 Å². The molecule has 0 atom stereocenters. The molecule has 0 spiro atoms. The van der Waals surface area contributed by atoms with E-state index in [2.05, 4.69) is 24.5 Å². The summed E-state index contributed by atoms with van der Waals surface area (Å²) in [6, 6.07) is 7.77. The van der Waals surface area contributed by atoms with E-state index in [0.29, 0.717) is 19.5 Å². The molecule has 0 saturated carbocycles. The number of hydrogen-bond acceptors (Lipinski definition) is 2. The van der Waals surface area contributed by atoms with Gasteiger partial charge in [-0.25, -0.2) is 0 Å². The van der Waals surface area contributed by atoms with E-state index in [0.717, 1.165) is 10.6 Å². The van der Waals surface area contributed by atoms with Crippen molar-refractivity contribution in [3.05, 3.63) is 34.9 Å². The van der Waals surface area contributed by atoms with Gasteiger partial charge in [0.05, 0.1) is 0 Å². The van der Waals surface area contributed by atoms with Gasteiger partial charge in [-0.15, -0.1) is 0 Å². The van der Waals surface area contributed by atoms with Crippen LogP contribution >= 0.6 is 11.6 Å². The molecule has 1 amide bonds. The number of carbonyl (C=O) groups is 1. The van der Waals surface area contributed by atoms with Crippen molar-refractivity contribution in [2.24, 2.45) is 0 Å². The highest BCUT2D eigenvalue weighted by Crippen LogP contribution is 2.24. The number of benzene rings is 1. The number of amides is 1. The lowest BCUT2D eigenvalue weighted by Gasteiger charge is -2.26. The van der Waals surface area contributed by atoms with Crippen molar-refractivity contribution in [2.45, 2.75) is 25.7 Å². The molecule has 4 heteroatoms. The maximum atomic E-state index is 11.6. The Morgan fingerprint density at radius 2 is 2.11 bits per heavy atom. The van der Waals surface area contributed by atoms with Crippen molar-refractivity contribution in [3.8, 4) is 0 Å². The van der Waals surface area contributed by atoms with Gasteiger partial charge in [-0.1, -0.05) is 37.6 Å². The van der Waals surface area contributed by atoms with E-state index in [1.807, 2.05) is 31.3 Å². The molecule has 1 rings (SSSR count). The van der Waals surface area contributed by atoms with Crippen LogP contribution in [0.5, 0.6) is 0 Å². The average molecular weight is 269 g/mol. The fraction of sp³-hybridized carbons (Fsp3) is 0.500. The van der Waals surface area contributed by atoms with Gasteiger partial charge in [0.15, 0.2) is 0 Å². The van der Waals surface area contributed by atoms with Crippen LogP contribution in [-0.4, -0.2) is 26.0 Å². The van der Waals surface area contributed by atoms with E-state index < -0.39 is 0 Å². The maximum absolute atomic E-state index is 11.6. The van der Waals surface area contributed by atoms with Gasteiger partial charge in [-0.2, -0.15) is 0 Å². The highest BCUT2D eigenvalue weighted by molar-refractivity contribution is 6.30.